The van der Waals surface area contributed by atoms with Crippen molar-refractivity contribution in [3.63, 3.8) is 0 Å². The normalized spacial score (nSPS) is 15.1. The van der Waals surface area contributed by atoms with Gasteiger partial charge in [0.05, 0.1) is 11.4 Å². The fourth-order valence-electron chi connectivity index (χ4n) is 3.21. The van der Waals surface area contributed by atoms with Gasteiger partial charge in [0.1, 0.15) is 6.33 Å². The number of hydrogen-bond donors (Lipinski definition) is 1. The highest BCUT2D eigenvalue weighted by molar-refractivity contribution is 9.10. The van der Waals surface area contributed by atoms with E-state index in [0.29, 0.717) is 22.5 Å². The first kappa shape index (κ1) is 17.7. The summed E-state index contributed by atoms with van der Waals surface area (Å²) >= 11 is 11.6. The number of nitrogens with zero attached hydrogens (tertiary/aromatic N) is 3. The molecular weight excluding hydrogens is 436 g/mol. The van der Waals surface area contributed by atoms with Gasteiger partial charge >= 0.3 is 0 Å². The van der Waals surface area contributed by atoms with Crippen molar-refractivity contribution >= 4 is 44.6 Å². The lowest BCUT2D eigenvalue weighted by Gasteiger charge is -2.21. The monoisotopic (exact) mass is 448 g/mol. The standard InChI is InChI=1S/C18H14BrClN4OS/c1-21-15-14(12-3-2-11(19)8-13(12)20)17(18-22-9-23-24-18)26-16(15)10-4-6-25-7-5-10/h2-3,8-10H,4-7H2,(H,22,23,24). The molecule has 1 saturated heterocycles. The van der Waals surface area contributed by atoms with Gasteiger partial charge in [-0.3, -0.25) is 0 Å². The van der Waals surface area contributed by atoms with Crippen LogP contribution in [0.15, 0.2) is 29.0 Å². The first-order valence-corrected chi connectivity index (χ1v) is 10.1. The van der Waals surface area contributed by atoms with Gasteiger partial charge in [-0.05, 0) is 36.5 Å². The minimum Gasteiger partial charge on any atom is -0.381 e. The van der Waals surface area contributed by atoms with E-state index in [2.05, 4.69) is 36.0 Å². The predicted octanol–water partition coefficient (Wildman–Crippen LogP) is 6.06. The van der Waals surface area contributed by atoms with Crippen molar-refractivity contribution in [2.45, 2.75) is 18.8 Å². The zero-order chi connectivity index (χ0) is 18.1. The van der Waals surface area contributed by atoms with Crippen LogP contribution in [0.25, 0.3) is 26.7 Å². The number of aromatic nitrogens is 3. The van der Waals surface area contributed by atoms with E-state index >= 15 is 0 Å². The molecule has 1 fully saturated rings. The average molecular weight is 450 g/mol. The number of benzene rings is 1. The Balaban J connectivity index is 1.95. The summed E-state index contributed by atoms with van der Waals surface area (Å²) in [6.45, 7) is 9.30. The molecule has 4 rings (SSSR count). The maximum Gasteiger partial charge on any atom is 0.209 e. The van der Waals surface area contributed by atoms with E-state index in [-0.39, 0.29) is 0 Å². The minimum absolute atomic E-state index is 0.322. The second-order valence-electron chi connectivity index (χ2n) is 5.98. The van der Waals surface area contributed by atoms with E-state index < -0.39 is 0 Å². The van der Waals surface area contributed by atoms with Crippen molar-refractivity contribution in [1.29, 1.82) is 0 Å². The third kappa shape index (κ3) is 3.19. The smallest absolute Gasteiger partial charge is 0.209 e. The first-order chi connectivity index (χ1) is 12.7. The molecule has 132 valence electrons. The molecule has 2 aromatic heterocycles. The van der Waals surface area contributed by atoms with Gasteiger partial charge in [-0.25, -0.2) is 4.85 Å². The summed E-state index contributed by atoms with van der Waals surface area (Å²) < 4.78 is 6.39. The molecule has 0 amide bonds. The molecule has 3 aromatic rings. The van der Waals surface area contributed by atoms with E-state index in [9.17, 15) is 0 Å². The van der Waals surface area contributed by atoms with Gasteiger partial charge in [-0.2, -0.15) is 0 Å². The zero-order valence-corrected chi connectivity index (χ0v) is 16.8. The Morgan fingerprint density at radius 2 is 2.15 bits per heavy atom. The number of rotatable bonds is 3. The number of nitrogens with one attached hydrogen (secondary N) is 1. The molecule has 0 unspecified atom stereocenters. The van der Waals surface area contributed by atoms with Crippen molar-refractivity contribution in [3.8, 4) is 21.8 Å². The van der Waals surface area contributed by atoms with Crippen molar-refractivity contribution in [2.75, 3.05) is 13.2 Å². The molecule has 8 heteroatoms. The van der Waals surface area contributed by atoms with Crippen LogP contribution >= 0.6 is 38.9 Å². The summed E-state index contributed by atoms with van der Waals surface area (Å²) in [4.78, 5) is 8.96. The summed E-state index contributed by atoms with van der Waals surface area (Å²) in [5, 5.41) is 8.69. The van der Waals surface area contributed by atoms with Gasteiger partial charge in [0, 0.05) is 33.1 Å². The summed E-state index contributed by atoms with van der Waals surface area (Å²) in [5.41, 5.74) is 2.33. The highest BCUT2D eigenvalue weighted by atomic mass is 79.9. The van der Waals surface area contributed by atoms with Gasteiger partial charge in [-0.1, -0.05) is 33.6 Å². The zero-order valence-electron chi connectivity index (χ0n) is 13.6. The highest BCUT2D eigenvalue weighted by Crippen LogP contribution is 2.52. The lowest BCUT2D eigenvalue weighted by atomic mass is 9.94. The predicted molar refractivity (Wildman–Crippen MR) is 107 cm³/mol. The van der Waals surface area contributed by atoms with Crippen molar-refractivity contribution in [2.24, 2.45) is 0 Å². The third-order valence-electron chi connectivity index (χ3n) is 4.45. The quantitative estimate of drug-likeness (QED) is 0.494. The molecule has 1 aromatic carbocycles. The van der Waals surface area contributed by atoms with Crippen molar-refractivity contribution in [3.05, 3.63) is 50.3 Å². The molecule has 26 heavy (non-hydrogen) atoms. The average Bonchev–Trinajstić information content (AvgIpc) is 3.30. The van der Waals surface area contributed by atoms with Crippen molar-refractivity contribution in [1.82, 2.24) is 15.2 Å². The van der Waals surface area contributed by atoms with Crippen LogP contribution in [0.2, 0.25) is 5.02 Å². The number of ether oxygens (including phenoxy) is 1. The van der Waals surface area contributed by atoms with E-state index in [1.165, 1.54) is 0 Å². The van der Waals surface area contributed by atoms with Crippen LogP contribution in [0.4, 0.5) is 5.69 Å². The van der Waals surface area contributed by atoms with Gasteiger partial charge in [0.2, 0.25) is 5.69 Å². The van der Waals surface area contributed by atoms with Gasteiger partial charge in [0.25, 0.3) is 0 Å². The summed E-state index contributed by atoms with van der Waals surface area (Å²) in [7, 11) is 0. The Morgan fingerprint density at radius 1 is 1.35 bits per heavy atom. The summed E-state index contributed by atoms with van der Waals surface area (Å²) in [6, 6.07) is 5.72. The van der Waals surface area contributed by atoms with E-state index in [1.807, 2.05) is 18.2 Å². The Kier molecular flexibility index (Phi) is 5.09. The molecule has 0 atom stereocenters. The number of aromatic amines is 1. The number of halogens is 2. The topological polar surface area (TPSA) is 55.2 Å². The van der Waals surface area contributed by atoms with Gasteiger partial charge in [-0.15, -0.1) is 21.5 Å². The Labute approximate surface area is 168 Å². The summed E-state index contributed by atoms with van der Waals surface area (Å²) in [6.07, 6.45) is 3.40. The molecule has 3 heterocycles. The van der Waals surface area contributed by atoms with Gasteiger partial charge in [0.15, 0.2) is 5.82 Å². The van der Waals surface area contributed by atoms with Crippen LogP contribution in [0.1, 0.15) is 23.6 Å². The van der Waals surface area contributed by atoms with Crippen molar-refractivity contribution < 1.29 is 4.74 Å². The minimum atomic E-state index is 0.322. The largest absolute Gasteiger partial charge is 0.381 e. The molecule has 0 aliphatic carbocycles. The molecule has 0 bridgehead atoms. The third-order valence-corrected chi connectivity index (χ3v) is 6.60. The lowest BCUT2D eigenvalue weighted by Crippen LogP contribution is -2.13. The molecule has 1 N–H and O–H groups in total. The molecule has 5 nitrogen and oxygen atoms in total. The van der Waals surface area contributed by atoms with Crippen LogP contribution in [-0.2, 0) is 4.74 Å². The SMILES string of the molecule is [C-]#[N+]c1c(C2CCOCC2)sc(-c2nnc[nH]2)c1-c1ccc(Br)cc1Cl. The molecule has 0 saturated carbocycles. The maximum atomic E-state index is 7.85. The highest BCUT2D eigenvalue weighted by Gasteiger charge is 2.29. The molecule has 1 aliphatic heterocycles. The van der Waals surface area contributed by atoms with Crippen LogP contribution in [0.3, 0.4) is 0 Å². The lowest BCUT2D eigenvalue weighted by molar-refractivity contribution is 0.0861. The fraction of sp³-hybridized carbons (Fsp3) is 0.278. The van der Waals surface area contributed by atoms with Crippen LogP contribution in [0.5, 0.6) is 0 Å². The second kappa shape index (κ2) is 7.49. The Hall–Kier alpha value is -1.72. The number of thiophene rings is 1. The fourth-order valence-corrected chi connectivity index (χ4v) is 5.35. The van der Waals surface area contributed by atoms with E-state index in [4.69, 9.17) is 22.9 Å². The van der Waals surface area contributed by atoms with Crippen LogP contribution < -0.4 is 0 Å². The maximum absolute atomic E-state index is 7.85. The summed E-state index contributed by atoms with van der Waals surface area (Å²) in [5.74, 6) is 0.981. The van der Waals surface area contributed by atoms with Crippen LogP contribution in [0, 0.1) is 6.57 Å². The van der Waals surface area contributed by atoms with Gasteiger partial charge < -0.3 is 9.72 Å². The molecule has 0 spiro atoms. The molecule has 1 aliphatic rings. The van der Waals surface area contributed by atoms with Crippen LogP contribution in [-0.4, -0.2) is 28.4 Å². The Morgan fingerprint density at radius 3 is 2.81 bits per heavy atom. The van der Waals surface area contributed by atoms with E-state index in [0.717, 1.165) is 51.4 Å². The molecular formula is C18H14BrClN4OS. The Bertz CT molecular complexity index is 974. The molecule has 0 radical (unpaired) electrons. The first-order valence-electron chi connectivity index (χ1n) is 8.12. The van der Waals surface area contributed by atoms with E-state index in [1.54, 1.807) is 17.7 Å². The number of H-pyrrole nitrogens is 1. The second-order valence-corrected chi connectivity index (χ2v) is 8.35. The number of hydrogen-bond acceptors (Lipinski definition) is 4.